The van der Waals surface area contributed by atoms with Crippen LogP contribution in [0.1, 0.15) is 57.2 Å². The lowest BCUT2D eigenvalue weighted by molar-refractivity contribution is 0.0170. The van der Waals surface area contributed by atoms with Crippen molar-refractivity contribution in [2.75, 3.05) is 13.1 Å². The number of benzene rings is 1. The molecule has 2 fully saturated rings. The molecule has 1 aliphatic heterocycles. The fraction of sp³-hybridized carbons (Fsp3) is 0.524. The van der Waals surface area contributed by atoms with Crippen molar-refractivity contribution in [3.05, 3.63) is 35.5 Å². The van der Waals surface area contributed by atoms with Gasteiger partial charge in [0.05, 0.1) is 11.6 Å². The Bertz CT molecular complexity index is 892. The molecule has 1 saturated heterocycles. The lowest BCUT2D eigenvalue weighted by Gasteiger charge is -2.34. The van der Waals surface area contributed by atoms with Gasteiger partial charge in [-0.15, -0.1) is 0 Å². The van der Waals surface area contributed by atoms with Gasteiger partial charge in [-0.1, -0.05) is 6.07 Å². The molecule has 2 aliphatic rings. The van der Waals surface area contributed by atoms with E-state index in [9.17, 15) is 4.79 Å². The Morgan fingerprint density at radius 3 is 2.69 bits per heavy atom. The summed E-state index contributed by atoms with van der Waals surface area (Å²) in [7, 11) is 0. The second-order valence-electron chi connectivity index (χ2n) is 8.72. The van der Waals surface area contributed by atoms with Crippen LogP contribution >= 0.6 is 0 Å². The van der Waals surface area contributed by atoms with E-state index < -0.39 is 5.60 Å². The number of aromatic amines is 1. The fourth-order valence-corrected chi connectivity index (χ4v) is 4.21. The SMILES string of the molecule is CC(C)(C)OC(=O)N1CCC2(CC1)C[C@H]2c1cc2ccc(C#N)cc2[nH]1. The number of hydrogen-bond donors (Lipinski definition) is 1. The number of nitriles is 1. The number of nitrogens with zero attached hydrogens (tertiary/aromatic N) is 2. The minimum Gasteiger partial charge on any atom is -0.444 e. The largest absolute Gasteiger partial charge is 0.444 e. The van der Waals surface area contributed by atoms with Gasteiger partial charge in [-0.05, 0) is 69.0 Å². The average Bonchev–Trinajstić information content (AvgIpc) is 3.11. The number of aromatic nitrogens is 1. The van der Waals surface area contributed by atoms with Crippen molar-refractivity contribution in [3.63, 3.8) is 0 Å². The highest BCUT2D eigenvalue weighted by molar-refractivity contribution is 5.82. The first-order chi connectivity index (χ1) is 12.3. The molecule has 5 heteroatoms. The minimum absolute atomic E-state index is 0.195. The molecule has 26 heavy (non-hydrogen) atoms. The van der Waals surface area contributed by atoms with Gasteiger partial charge in [0, 0.05) is 30.2 Å². The quantitative estimate of drug-likeness (QED) is 0.820. The summed E-state index contributed by atoms with van der Waals surface area (Å²) >= 11 is 0. The number of rotatable bonds is 1. The number of H-pyrrole nitrogens is 1. The van der Waals surface area contributed by atoms with Crippen molar-refractivity contribution < 1.29 is 9.53 Å². The van der Waals surface area contributed by atoms with Gasteiger partial charge in [0.15, 0.2) is 0 Å². The third-order valence-corrected chi connectivity index (χ3v) is 5.75. The Hall–Kier alpha value is -2.48. The lowest BCUT2D eigenvalue weighted by atomic mass is 9.90. The molecule has 1 saturated carbocycles. The zero-order valence-electron chi connectivity index (χ0n) is 15.6. The van der Waals surface area contributed by atoms with Crippen LogP contribution in [0, 0.1) is 16.7 Å². The molecule has 5 nitrogen and oxygen atoms in total. The third-order valence-electron chi connectivity index (χ3n) is 5.75. The molecule has 1 N–H and O–H groups in total. The Kier molecular flexibility index (Phi) is 3.76. The van der Waals surface area contributed by atoms with Crippen LogP contribution in [0.2, 0.25) is 0 Å². The molecule has 1 aliphatic carbocycles. The first kappa shape index (κ1) is 17.0. The molecule has 0 radical (unpaired) electrons. The minimum atomic E-state index is -0.443. The predicted molar refractivity (Wildman–Crippen MR) is 99.8 cm³/mol. The number of fused-ring (bicyclic) bond motifs is 1. The van der Waals surface area contributed by atoms with Crippen LogP contribution in [0.25, 0.3) is 10.9 Å². The van der Waals surface area contributed by atoms with Gasteiger partial charge in [-0.25, -0.2) is 4.79 Å². The van der Waals surface area contributed by atoms with E-state index in [2.05, 4.69) is 17.1 Å². The normalized spacial score (nSPS) is 21.6. The molecule has 0 bridgehead atoms. The Labute approximate surface area is 153 Å². The predicted octanol–water partition coefficient (Wildman–Crippen LogP) is 4.54. The first-order valence-electron chi connectivity index (χ1n) is 9.30. The molecular weight excluding hydrogens is 326 g/mol. The molecule has 1 atom stereocenters. The molecule has 1 aromatic carbocycles. The molecule has 1 aromatic heterocycles. The van der Waals surface area contributed by atoms with Gasteiger partial charge in [0.2, 0.25) is 0 Å². The van der Waals surface area contributed by atoms with Crippen LogP contribution in [0.3, 0.4) is 0 Å². The van der Waals surface area contributed by atoms with Gasteiger partial charge in [-0.2, -0.15) is 5.26 Å². The number of nitrogens with one attached hydrogen (secondary N) is 1. The Balaban J connectivity index is 1.43. The smallest absolute Gasteiger partial charge is 0.410 e. The zero-order chi connectivity index (χ0) is 18.5. The highest BCUT2D eigenvalue weighted by atomic mass is 16.6. The number of hydrogen-bond acceptors (Lipinski definition) is 3. The molecular formula is C21H25N3O2. The van der Waals surface area contributed by atoms with Crippen LogP contribution in [-0.2, 0) is 4.74 Å². The maximum Gasteiger partial charge on any atom is 0.410 e. The summed E-state index contributed by atoms with van der Waals surface area (Å²) < 4.78 is 5.49. The lowest BCUT2D eigenvalue weighted by Crippen LogP contribution is -2.42. The molecule has 2 aromatic rings. The zero-order valence-corrected chi connectivity index (χ0v) is 15.6. The fourth-order valence-electron chi connectivity index (χ4n) is 4.21. The third kappa shape index (κ3) is 3.05. The van der Waals surface area contributed by atoms with Crippen LogP contribution in [-0.4, -0.2) is 34.7 Å². The summed E-state index contributed by atoms with van der Waals surface area (Å²) in [6.45, 7) is 7.25. The molecule has 1 spiro atoms. The van der Waals surface area contributed by atoms with E-state index in [0.717, 1.165) is 36.8 Å². The number of piperidine rings is 1. The van der Waals surface area contributed by atoms with E-state index in [1.807, 2.05) is 43.9 Å². The summed E-state index contributed by atoms with van der Waals surface area (Å²) in [5.41, 5.74) is 2.86. The topological polar surface area (TPSA) is 69.1 Å². The van der Waals surface area contributed by atoms with Crippen molar-refractivity contribution in [1.29, 1.82) is 5.26 Å². The average molecular weight is 351 g/mol. The number of carbonyl (C=O) groups is 1. The van der Waals surface area contributed by atoms with E-state index in [-0.39, 0.29) is 6.09 Å². The Morgan fingerprint density at radius 2 is 2.04 bits per heavy atom. The molecule has 4 rings (SSSR count). The van der Waals surface area contributed by atoms with Gasteiger partial charge in [0.25, 0.3) is 0 Å². The second-order valence-corrected chi connectivity index (χ2v) is 8.72. The monoisotopic (exact) mass is 351 g/mol. The first-order valence-corrected chi connectivity index (χ1v) is 9.30. The molecule has 1 amide bonds. The number of amides is 1. The van der Waals surface area contributed by atoms with Crippen LogP contribution in [0.4, 0.5) is 4.79 Å². The van der Waals surface area contributed by atoms with Crippen LogP contribution in [0.15, 0.2) is 24.3 Å². The number of carbonyl (C=O) groups excluding carboxylic acids is 1. The van der Waals surface area contributed by atoms with Crippen LogP contribution < -0.4 is 0 Å². The van der Waals surface area contributed by atoms with Crippen molar-refractivity contribution in [3.8, 4) is 6.07 Å². The second kappa shape index (κ2) is 5.77. The van der Waals surface area contributed by atoms with Crippen molar-refractivity contribution in [1.82, 2.24) is 9.88 Å². The Morgan fingerprint density at radius 1 is 1.31 bits per heavy atom. The standard InChI is InChI=1S/C21H25N3O2/c1-20(2,3)26-19(25)24-8-6-21(7-9-24)12-16(21)18-11-15-5-4-14(13-22)10-17(15)23-18/h4-5,10-11,16,23H,6-9,12H2,1-3H3/t16-/m0/s1. The summed E-state index contributed by atoms with van der Waals surface area (Å²) in [5, 5.41) is 10.2. The van der Waals surface area contributed by atoms with Gasteiger partial charge >= 0.3 is 6.09 Å². The van der Waals surface area contributed by atoms with Crippen molar-refractivity contribution in [2.24, 2.45) is 5.41 Å². The maximum atomic E-state index is 12.2. The van der Waals surface area contributed by atoms with E-state index in [4.69, 9.17) is 10.00 Å². The van der Waals surface area contributed by atoms with E-state index in [1.165, 1.54) is 12.1 Å². The van der Waals surface area contributed by atoms with Crippen molar-refractivity contribution >= 4 is 17.0 Å². The molecule has 136 valence electrons. The summed E-state index contributed by atoms with van der Waals surface area (Å²) in [5.74, 6) is 0.529. The summed E-state index contributed by atoms with van der Waals surface area (Å²) in [6.07, 6.45) is 3.03. The van der Waals surface area contributed by atoms with Gasteiger partial charge < -0.3 is 14.6 Å². The van der Waals surface area contributed by atoms with Gasteiger partial charge in [-0.3, -0.25) is 0 Å². The summed E-state index contributed by atoms with van der Waals surface area (Å²) in [4.78, 5) is 17.6. The number of ether oxygens (including phenoxy) is 1. The maximum absolute atomic E-state index is 12.2. The van der Waals surface area contributed by atoms with E-state index >= 15 is 0 Å². The summed E-state index contributed by atoms with van der Waals surface area (Å²) in [6, 6.07) is 10.2. The van der Waals surface area contributed by atoms with E-state index in [1.54, 1.807) is 0 Å². The van der Waals surface area contributed by atoms with Crippen molar-refractivity contribution in [2.45, 2.75) is 51.6 Å². The molecule has 2 heterocycles. The molecule has 0 unspecified atom stereocenters. The van der Waals surface area contributed by atoms with Crippen LogP contribution in [0.5, 0.6) is 0 Å². The van der Waals surface area contributed by atoms with E-state index in [0.29, 0.717) is 16.9 Å². The van der Waals surface area contributed by atoms with Gasteiger partial charge in [0.1, 0.15) is 5.60 Å². The highest BCUT2D eigenvalue weighted by Crippen LogP contribution is 2.64. The number of likely N-dealkylation sites (tertiary alicyclic amines) is 1. The highest BCUT2D eigenvalue weighted by Gasteiger charge is 2.56.